The molecule has 0 aliphatic carbocycles. The van der Waals surface area contributed by atoms with E-state index in [0.717, 1.165) is 0 Å². The first kappa shape index (κ1) is 8.91. The molecule has 0 nitrogen and oxygen atoms in total. The van der Waals surface area contributed by atoms with Gasteiger partial charge in [0.25, 0.3) is 0 Å². The molecule has 0 aliphatic rings. The predicted molar refractivity (Wildman–Crippen MR) is 45.0 cm³/mol. The van der Waals surface area contributed by atoms with Crippen LogP contribution in [0.4, 0.5) is 8.78 Å². The minimum absolute atomic E-state index is 0.102. The topological polar surface area (TPSA) is 0 Å². The molecule has 0 N–H and O–H groups in total. The lowest BCUT2D eigenvalue weighted by atomic mass is 10.1. The Morgan fingerprint density at radius 2 is 2.08 bits per heavy atom. The zero-order valence-electron chi connectivity index (χ0n) is 6.90. The average molecular weight is 168 g/mol. The second-order valence-electron chi connectivity index (χ2n) is 2.65. The van der Waals surface area contributed by atoms with Gasteiger partial charge in [0, 0.05) is 5.56 Å². The van der Waals surface area contributed by atoms with Crippen molar-refractivity contribution in [2.45, 2.75) is 13.3 Å². The van der Waals surface area contributed by atoms with Crippen LogP contribution < -0.4 is 0 Å². The lowest BCUT2D eigenvalue weighted by Gasteiger charge is -2.03. The van der Waals surface area contributed by atoms with Crippen LogP contribution in [-0.2, 0) is 6.42 Å². The Labute approximate surface area is 70.5 Å². The van der Waals surface area contributed by atoms with Gasteiger partial charge in [0.05, 0.1) is 0 Å². The highest BCUT2D eigenvalue weighted by Crippen LogP contribution is 2.16. The fourth-order valence-electron chi connectivity index (χ4n) is 1.05. The Morgan fingerprint density at radius 3 is 2.67 bits per heavy atom. The summed E-state index contributed by atoms with van der Waals surface area (Å²) in [6, 6.07) is 2.70. The maximum Gasteiger partial charge on any atom is 0.132 e. The molecule has 0 bridgehead atoms. The predicted octanol–water partition coefficient (Wildman–Crippen LogP) is 3.00. The molecule has 0 amide bonds. The van der Waals surface area contributed by atoms with Gasteiger partial charge in [0.2, 0.25) is 0 Å². The van der Waals surface area contributed by atoms with Crippen LogP contribution in [0.15, 0.2) is 24.8 Å². The Morgan fingerprint density at radius 1 is 1.42 bits per heavy atom. The van der Waals surface area contributed by atoms with Crippen molar-refractivity contribution in [3.05, 3.63) is 47.5 Å². The van der Waals surface area contributed by atoms with Crippen molar-refractivity contribution < 1.29 is 8.78 Å². The van der Waals surface area contributed by atoms with Gasteiger partial charge in [-0.2, -0.15) is 0 Å². The number of rotatable bonds is 2. The Kier molecular flexibility index (Phi) is 2.58. The van der Waals surface area contributed by atoms with E-state index in [2.05, 4.69) is 6.58 Å². The van der Waals surface area contributed by atoms with Gasteiger partial charge in [0.1, 0.15) is 11.6 Å². The summed E-state index contributed by atoms with van der Waals surface area (Å²) >= 11 is 0. The van der Waals surface area contributed by atoms with Gasteiger partial charge in [-0.05, 0) is 25.0 Å². The minimum Gasteiger partial charge on any atom is -0.207 e. The van der Waals surface area contributed by atoms with Gasteiger partial charge in [-0.3, -0.25) is 0 Å². The standard InChI is InChI=1S/C10H10F2/c1-3-4-8-9(11)6-5-7(2)10(8)12/h3,5-6H,1,4H2,2H3. The van der Waals surface area contributed by atoms with E-state index in [-0.39, 0.29) is 12.0 Å². The molecular formula is C10H10F2. The van der Waals surface area contributed by atoms with Crippen LogP contribution in [-0.4, -0.2) is 0 Å². The summed E-state index contributed by atoms with van der Waals surface area (Å²) < 4.78 is 26.1. The molecule has 0 heterocycles. The van der Waals surface area contributed by atoms with Gasteiger partial charge < -0.3 is 0 Å². The summed E-state index contributed by atoms with van der Waals surface area (Å²) in [5, 5.41) is 0. The van der Waals surface area contributed by atoms with Crippen LogP contribution in [0.25, 0.3) is 0 Å². The molecule has 12 heavy (non-hydrogen) atoms. The van der Waals surface area contributed by atoms with E-state index in [1.54, 1.807) is 6.92 Å². The number of benzene rings is 1. The van der Waals surface area contributed by atoms with Crippen LogP contribution in [0.2, 0.25) is 0 Å². The smallest absolute Gasteiger partial charge is 0.132 e. The normalized spacial score (nSPS) is 9.92. The third-order valence-electron chi connectivity index (χ3n) is 1.73. The molecule has 1 aromatic carbocycles. The fraction of sp³-hybridized carbons (Fsp3) is 0.200. The largest absolute Gasteiger partial charge is 0.207 e. The monoisotopic (exact) mass is 168 g/mol. The highest BCUT2D eigenvalue weighted by atomic mass is 19.1. The molecule has 2 heteroatoms. The van der Waals surface area contributed by atoms with Crippen molar-refractivity contribution in [2.24, 2.45) is 0 Å². The highest BCUT2D eigenvalue weighted by molar-refractivity contribution is 5.27. The number of hydrogen-bond donors (Lipinski definition) is 0. The molecule has 64 valence electrons. The van der Waals surface area contributed by atoms with Crippen molar-refractivity contribution in [1.82, 2.24) is 0 Å². The van der Waals surface area contributed by atoms with Crippen molar-refractivity contribution in [2.75, 3.05) is 0 Å². The van der Waals surface area contributed by atoms with Crippen molar-refractivity contribution in [1.29, 1.82) is 0 Å². The zero-order chi connectivity index (χ0) is 9.14. The molecule has 0 saturated heterocycles. The fourth-order valence-corrected chi connectivity index (χ4v) is 1.05. The third kappa shape index (κ3) is 1.52. The van der Waals surface area contributed by atoms with Gasteiger partial charge in [0.15, 0.2) is 0 Å². The number of aryl methyl sites for hydroxylation is 1. The number of hydrogen-bond acceptors (Lipinski definition) is 0. The molecule has 0 atom stereocenters. The third-order valence-corrected chi connectivity index (χ3v) is 1.73. The molecule has 0 aliphatic heterocycles. The van der Waals surface area contributed by atoms with E-state index in [4.69, 9.17) is 0 Å². The second-order valence-corrected chi connectivity index (χ2v) is 2.65. The van der Waals surface area contributed by atoms with Gasteiger partial charge in [-0.25, -0.2) is 8.78 Å². The molecule has 1 aromatic rings. The van der Waals surface area contributed by atoms with Crippen LogP contribution in [0.5, 0.6) is 0 Å². The molecule has 1 rings (SSSR count). The van der Waals surface area contributed by atoms with E-state index in [0.29, 0.717) is 5.56 Å². The molecule has 0 spiro atoms. The lowest BCUT2D eigenvalue weighted by Crippen LogP contribution is -1.96. The molecule has 0 unspecified atom stereocenters. The molecule has 0 saturated carbocycles. The van der Waals surface area contributed by atoms with E-state index in [1.165, 1.54) is 18.2 Å². The van der Waals surface area contributed by atoms with Crippen molar-refractivity contribution in [3.63, 3.8) is 0 Å². The van der Waals surface area contributed by atoms with E-state index in [1.807, 2.05) is 0 Å². The molecule has 0 aromatic heterocycles. The Bertz CT molecular complexity index is 303. The summed E-state index contributed by atoms with van der Waals surface area (Å²) in [5.41, 5.74) is 0.568. The summed E-state index contributed by atoms with van der Waals surface area (Å²) in [5.74, 6) is -0.965. The quantitative estimate of drug-likeness (QED) is 0.595. The van der Waals surface area contributed by atoms with Crippen LogP contribution in [0.3, 0.4) is 0 Å². The van der Waals surface area contributed by atoms with Crippen LogP contribution in [0.1, 0.15) is 11.1 Å². The first-order valence-corrected chi connectivity index (χ1v) is 3.71. The van der Waals surface area contributed by atoms with Crippen LogP contribution in [0, 0.1) is 18.6 Å². The average Bonchev–Trinajstić information content (AvgIpc) is 2.06. The van der Waals surface area contributed by atoms with E-state index >= 15 is 0 Å². The van der Waals surface area contributed by atoms with Crippen molar-refractivity contribution in [3.8, 4) is 0 Å². The number of allylic oxidation sites excluding steroid dienone is 1. The maximum atomic E-state index is 13.2. The maximum absolute atomic E-state index is 13.2. The summed E-state index contributed by atoms with van der Waals surface area (Å²) in [7, 11) is 0. The minimum atomic E-state index is -0.502. The van der Waals surface area contributed by atoms with Gasteiger partial charge in [-0.1, -0.05) is 12.1 Å². The van der Waals surface area contributed by atoms with Gasteiger partial charge in [-0.15, -0.1) is 6.58 Å². The first-order chi connectivity index (χ1) is 5.66. The van der Waals surface area contributed by atoms with Crippen LogP contribution >= 0.6 is 0 Å². The molecule has 0 radical (unpaired) electrons. The lowest BCUT2D eigenvalue weighted by molar-refractivity contribution is 0.557. The molecular weight excluding hydrogens is 158 g/mol. The summed E-state index contributed by atoms with van der Waals surface area (Å²) in [6.45, 7) is 5.05. The second kappa shape index (κ2) is 3.48. The van der Waals surface area contributed by atoms with E-state index in [9.17, 15) is 8.78 Å². The highest BCUT2D eigenvalue weighted by Gasteiger charge is 2.08. The summed E-state index contributed by atoms with van der Waals surface area (Å²) in [4.78, 5) is 0. The SMILES string of the molecule is C=CCc1c(F)ccc(C)c1F. The van der Waals surface area contributed by atoms with Gasteiger partial charge >= 0.3 is 0 Å². The summed E-state index contributed by atoms with van der Waals surface area (Å²) in [6.07, 6.45) is 1.72. The first-order valence-electron chi connectivity index (χ1n) is 3.71. The Balaban J connectivity index is 3.22. The zero-order valence-corrected chi connectivity index (χ0v) is 6.90. The van der Waals surface area contributed by atoms with Crippen molar-refractivity contribution >= 4 is 0 Å². The van der Waals surface area contributed by atoms with E-state index < -0.39 is 11.6 Å². The molecule has 0 fully saturated rings. The Hall–Kier alpha value is -1.18. The number of halogens is 2.